The van der Waals surface area contributed by atoms with E-state index < -0.39 is 17.7 Å². The quantitative estimate of drug-likeness (QED) is 0.770. The molecule has 0 saturated carbocycles. The molecule has 0 aromatic heterocycles. The van der Waals surface area contributed by atoms with E-state index in [9.17, 15) is 14.0 Å². The molecule has 0 spiro atoms. The van der Waals surface area contributed by atoms with Crippen LogP contribution in [0.4, 0.5) is 4.39 Å². The molecule has 5 heteroatoms. The molecule has 0 unspecified atom stereocenters. The van der Waals surface area contributed by atoms with Gasteiger partial charge in [-0.2, -0.15) is 0 Å². The van der Waals surface area contributed by atoms with Crippen LogP contribution in [0.3, 0.4) is 0 Å². The van der Waals surface area contributed by atoms with E-state index in [2.05, 4.69) is 0 Å². The van der Waals surface area contributed by atoms with Crippen LogP contribution in [0.2, 0.25) is 0 Å². The molecule has 2 rings (SSSR count). The minimum atomic E-state index is -0.516. The number of benzene rings is 2. The van der Waals surface area contributed by atoms with Crippen molar-refractivity contribution in [1.82, 2.24) is 4.90 Å². The number of aryl methyl sites for hydroxylation is 1. The van der Waals surface area contributed by atoms with Gasteiger partial charge < -0.3 is 9.64 Å². The third-order valence-electron chi connectivity index (χ3n) is 3.24. The number of nitrogens with zero attached hydrogens (tertiary/aromatic N) is 1. The maximum absolute atomic E-state index is 13.4. The molecule has 0 aliphatic rings. The minimum absolute atomic E-state index is 0.154. The molecule has 0 atom stereocenters. The van der Waals surface area contributed by atoms with Gasteiger partial charge in [-0.05, 0) is 36.2 Å². The number of hydrogen-bond donors (Lipinski definition) is 0. The lowest BCUT2D eigenvalue weighted by atomic mass is 10.1. The number of amides is 1. The van der Waals surface area contributed by atoms with E-state index in [1.807, 2.05) is 44.2 Å². The number of esters is 1. The highest BCUT2D eigenvalue weighted by Gasteiger charge is 2.16. The fourth-order valence-electron chi connectivity index (χ4n) is 2.13. The monoisotopic (exact) mass is 345 g/mol. The first-order chi connectivity index (χ1) is 12.0. The van der Waals surface area contributed by atoms with Crippen LogP contribution in [0.5, 0.6) is 0 Å². The molecular formula is C20H24FNO3. The van der Waals surface area contributed by atoms with Gasteiger partial charge in [0.25, 0.3) is 5.91 Å². The van der Waals surface area contributed by atoms with Crippen LogP contribution in [-0.2, 0) is 16.1 Å². The maximum atomic E-state index is 13.4. The zero-order valence-corrected chi connectivity index (χ0v) is 15.1. The number of carbonyl (C=O) groups is 2. The van der Waals surface area contributed by atoms with Crippen molar-refractivity contribution in [2.45, 2.75) is 27.4 Å². The first kappa shape index (κ1) is 20.4. The standard InChI is InChI=1S/C18H18FNO3.C2H6/c1-13-8-15(10-16(19)9-13)18(22)20(2)11-17(21)23-12-14-6-4-3-5-7-14;1-2/h3-10H,11-12H2,1-2H3;1-2H3. The second-order valence-electron chi connectivity index (χ2n) is 5.32. The van der Waals surface area contributed by atoms with Gasteiger partial charge in [0.2, 0.25) is 0 Å². The summed E-state index contributed by atoms with van der Waals surface area (Å²) in [6.07, 6.45) is 0. The van der Waals surface area contributed by atoms with Crippen LogP contribution in [-0.4, -0.2) is 30.4 Å². The Hall–Kier alpha value is -2.69. The Morgan fingerprint density at radius 2 is 1.72 bits per heavy atom. The molecule has 0 bridgehead atoms. The van der Waals surface area contributed by atoms with Crippen molar-refractivity contribution < 1.29 is 18.7 Å². The Morgan fingerprint density at radius 1 is 1.08 bits per heavy atom. The smallest absolute Gasteiger partial charge is 0.325 e. The molecule has 0 aliphatic heterocycles. The van der Waals surface area contributed by atoms with Gasteiger partial charge in [-0.1, -0.05) is 44.2 Å². The Balaban J connectivity index is 0.00000151. The fraction of sp³-hybridized carbons (Fsp3) is 0.300. The molecule has 4 nitrogen and oxygen atoms in total. The maximum Gasteiger partial charge on any atom is 0.325 e. The lowest BCUT2D eigenvalue weighted by Gasteiger charge is -2.16. The Kier molecular flexibility index (Phi) is 8.33. The molecule has 0 aliphatic carbocycles. The Labute approximate surface area is 148 Å². The number of carbonyl (C=O) groups excluding carboxylic acids is 2. The summed E-state index contributed by atoms with van der Waals surface area (Å²) in [5, 5.41) is 0. The molecule has 0 saturated heterocycles. The van der Waals surface area contributed by atoms with Gasteiger partial charge >= 0.3 is 5.97 Å². The fourth-order valence-corrected chi connectivity index (χ4v) is 2.13. The summed E-state index contributed by atoms with van der Waals surface area (Å²) in [6.45, 7) is 5.66. The summed E-state index contributed by atoms with van der Waals surface area (Å²) in [6, 6.07) is 13.3. The summed E-state index contributed by atoms with van der Waals surface area (Å²) >= 11 is 0. The Bertz CT molecular complexity index is 681. The number of rotatable bonds is 5. The van der Waals surface area contributed by atoms with E-state index >= 15 is 0 Å². The predicted molar refractivity (Wildman–Crippen MR) is 95.7 cm³/mol. The average Bonchev–Trinajstić information content (AvgIpc) is 2.61. The van der Waals surface area contributed by atoms with Crippen molar-refractivity contribution >= 4 is 11.9 Å². The zero-order valence-electron chi connectivity index (χ0n) is 15.1. The predicted octanol–water partition coefficient (Wildman–Crippen LogP) is 3.98. The molecule has 134 valence electrons. The van der Waals surface area contributed by atoms with Crippen LogP contribution in [0.25, 0.3) is 0 Å². The van der Waals surface area contributed by atoms with Crippen molar-refractivity contribution in [1.29, 1.82) is 0 Å². The molecule has 2 aromatic rings. The van der Waals surface area contributed by atoms with Gasteiger partial charge in [0, 0.05) is 12.6 Å². The normalized spacial score (nSPS) is 9.64. The van der Waals surface area contributed by atoms with Gasteiger partial charge in [0.05, 0.1) is 0 Å². The molecular weight excluding hydrogens is 321 g/mol. The number of ether oxygens (including phenoxy) is 1. The van der Waals surface area contributed by atoms with Crippen molar-refractivity contribution in [3.05, 3.63) is 71.0 Å². The van der Waals surface area contributed by atoms with Gasteiger partial charge in [0.15, 0.2) is 0 Å². The van der Waals surface area contributed by atoms with Crippen LogP contribution in [0.15, 0.2) is 48.5 Å². The summed E-state index contributed by atoms with van der Waals surface area (Å²) < 4.78 is 18.5. The van der Waals surface area contributed by atoms with E-state index in [1.54, 1.807) is 13.0 Å². The largest absolute Gasteiger partial charge is 0.459 e. The third kappa shape index (κ3) is 6.75. The zero-order chi connectivity index (χ0) is 18.8. The summed E-state index contributed by atoms with van der Waals surface area (Å²) in [4.78, 5) is 25.2. The molecule has 0 fully saturated rings. The molecule has 25 heavy (non-hydrogen) atoms. The number of likely N-dealkylation sites (N-methyl/N-ethyl adjacent to an activating group) is 1. The lowest BCUT2D eigenvalue weighted by molar-refractivity contribution is -0.145. The summed E-state index contributed by atoms with van der Waals surface area (Å²) in [5.41, 5.74) is 1.73. The lowest BCUT2D eigenvalue weighted by Crippen LogP contribution is -2.33. The molecule has 0 heterocycles. The van der Waals surface area contributed by atoms with Crippen molar-refractivity contribution in [3.63, 3.8) is 0 Å². The Morgan fingerprint density at radius 3 is 2.32 bits per heavy atom. The van der Waals surface area contributed by atoms with E-state index in [0.29, 0.717) is 5.56 Å². The first-order valence-corrected chi connectivity index (χ1v) is 8.18. The second kappa shape index (κ2) is 10.2. The average molecular weight is 345 g/mol. The SMILES string of the molecule is CC.Cc1cc(F)cc(C(=O)N(C)CC(=O)OCc2ccccc2)c1. The summed E-state index contributed by atoms with van der Waals surface area (Å²) in [7, 11) is 1.48. The van der Waals surface area contributed by atoms with Crippen molar-refractivity contribution in [2.75, 3.05) is 13.6 Å². The highest BCUT2D eigenvalue weighted by atomic mass is 19.1. The molecule has 2 aromatic carbocycles. The highest BCUT2D eigenvalue weighted by Crippen LogP contribution is 2.10. The van der Waals surface area contributed by atoms with Gasteiger partial charge in [-0.15, -0.1) is 0 Å². The van der Waals surface area contributed by atoms with Crippen molar-refractivity contribution in [3.8, 4) is 0 Å². The number of hydrogen-bond acceptors (Lipinski definition) is 3. The van der Waals surface area contributed by atoms with Crippen LogP contribution >= 0.6 is 0 Å². The second-order valence-corrected chi connectivity index (χ2v) is 5.32. The topological polar surface area (TPSA) is 46.6 Å². The van der Waals surface area contributed by atoms with E-state index in [0.717, 1.165) is 11.6 Å². The van der Waals surface area contributed by atoms with Crippen LogP contribution < -0.4 is 0 Å². The van der Waals surface area contributed by atoms with Gasteiger partial charge in [-0.25, -0.2) is 4.39 Å². The van der Waals surface area contributed by atoms with Gasteiger partial charge in [-0.3, -0.25) is 9.59 Å². The molecule has 0 N–H and O–H groups in total. The minimum Gasteiger partial charge on any atom is -0.459 e. The third-order valence-corrected chi connectivity index (χ3v) is 3.24. The van der Waals surface area contributed by atoms with Crippen LogP contribution in [0, 0.1) is 12.7 Å². The van der Waals surface area contributed by atoms with Gasteiger partial charge in [0.1, 0.15) is 19.0 Å². The van der Waals surface area contributed by atoms with E-state index in [4.69, 9.17) is 4.74 Å². The molecule has 1 amide bonds. The van der Waals surface area contributed by atoms with E-state index in [-0.39, 0.29) is 18.7 Å². The molecule has 0 radical (unpaired) electrons. The van der Waals surface area contributed by atoms with E-state index in [1.165, 1.54) is 18.0 Å². The first-order valence-electron chi connectivity index (χ1n) is 8.18. The van der Waals surface area contributed by atoms with Crippen molar-refractivity contribution in [2.24, 2.45) is 0 Å². The van der Waals surface area contributed by atoms with Crippen LogP contribution in [0.1, 0.15) is 35.3 Å². The summed E-state index contributed by atoms with van der Waals surface area (Å²) in [5.74, 6) is -1.42. The number of halogens is 1. The highest BCUT2D eigenvalue weighted by molar-refractivity contribution is 5.96.